The molecule has 0 radical (unpaired) electrons. The van der Waals surface area contributed by atoms with E-state index in [2.05, 4.69) is 20.3 Å². The lowest BCUT2D eigenvalue weighted by atomic mass is 9.88. The zero-order valence-corrected chi connectivity index (χ0v) is 18.3. The highest BCUT2D eigenvalue weighted by Gasteiger charge is 2.36. The zero-order chi connectivity index (χ0) is 21.2. The molecule has 29 heavy (non-hydrogen) atoms. The van der Waals surface area contributed by atoms with E-state index in [9.17, 15) is 4.79 Å². The number of aromatic nitrogens is 3. The lowest BCUT2D eigenvalue weighted by molar-refractivity contribution is -0.128. The summed E-state index contributed by atoms with van der Waals surface area (Å²) in [7, 11) is 2.01. The van der Waals surface area contributed by atoms with Gasteiger partial charge in [-0.15, -0.1) is 10.2 Å². The van der Waals surface area contributed by atoms with Crippen molar-refractivity contribution >= 4 is 5.78 Å². The number of nitrogens with zero attached hydrogens (tertiary/aromatic N) is 4. The largest absolute Gasteiger partial charge is 0.425 e. The third-order valence-electron chi connectivity index (χ3n) is 6.10. The van der Waals surface area contributed by atoms with Crippen LogP contribution in [0, 0.1) is 12.8 Å². The van der Waals surface area contributed by atoms with Crippen LogP contribution in [0.2, 0.25) is 0 Å². The summed E-state index contributed by atoms with van der Waals surface area (Å²) in [6.07, 6.45) is 2.28. The highest BCUT2D eigenvalue weighted by molar-refractivity contribution is 5.89. The Balaban J connectivity index is 1.65. The molecule has 8 heteroatoms. The lowest BCUT2D eigenvalue weighted by Gasteiger charge is -2.37. The minimum atomic E-state index is -0.596. The molecule has 0 N–H and O–H groups in total. The van der Waals surface area contributed by atoms with Crippen molar-refractivity contribution in [2.24, 2.45) is 5.92 Å². The van der Waals surface area contributed by atoms with Gasteiger partial charge in [0.05, 0.1) is 23.1 Å². The van der Waals surface area contributed by atoms with Gasteiger partial charge in [0.2, 0.25) is 11.8 Å². The van der Waals surface area contributed by atoms with Crippen LogP contribution < -0.4 is 0 Å². The Bertz CT molecular complexity index is 833. The molecule has 160 valence electrons. The summed E-state index contributed by atoms with van der Waals surface area (Å²) in [4.78, 5) is 15.2. The van der Waals surface area contributed by atoms with E-state index in [1.54, 1.807) is 6.92 Å². The Labute approximate surface area is 172 Å². The quantitative estimate of drug-likeness (QED) is 0.663. The number of Topliss-reactive ketones (excluding diaryl/α,β-unsaturated/α-hetero) is 1. The number of hydrogen-bond donors (Lipinski definition) is 0. The minimum absolute atomic E-state index is 0.0983. The first-order valence-electron chi connectivity index (χ1n) is 10.2. The van der Waals surface area contributed by atoms with Crippen LogP contribution in [0.4, 0.5) is 0 Å². The first kappa shape index (κ1) is 21.6. The first-order chi connectivity index (χ1) is 13.6. The van der Waals surface area contributed by atoms with Crippen LogP contribution in [0.15, 0.2) is 15.0 Å². The average Bonchev–Trinajstić information content (AvgIpc) is 3.32. The molecule has 1 saturated heterocycles. The second-order valence-corrected chi connectivity index (χ2v) is 9.02. The Morgan fingerprint density at radius 1 is 1.21 bits per heavy atom. The third-order valence-corrected chi connectivity index (χ3v) is 6.10. The molecule has 1 aliphatic heterocycles. The summed E-state index contributed by atoms with van der Waals surface area (Å²) in [5, 5.41) is 12.2. The summed E-state index contributed by atoms with van der Waals surface area (Å²) < 4.78 is 16.5. The van der Waals surface area contributed by atoms with Gasteiger partial charge in [-0.3, -0.25) is 9.69 Å². The number of ether oxygens (including phenoxy) is 1. The smallest absolute Gasteiger partial charge is 0.228 e. The molecule has 2 aromatic rings. The number of carbonyl (C=O) groups is 1. The van der Waals surface area contributed by atoms with E-state index in [0.717, 1.165) is 32.6 Å². The van der Waals surface area contributed by atoms with Crippen molar-refractivity contribution < 1.29 is 18.5 Å². The van der Waals surface area contributed by atoms with Crippen molar-refractivity contribution in [3.63, 3.8) is 0 Å². The number of carbonyl (C=O) groups excluding carboxylic acids is 1. The van der Waals surface area contributed by atoms with Crippen molar-refractivity contribution in [3.8, 4) is 0 Å². The molecule has 0 saturated carbocycles. The fraction of sp³-hybridized carbons (Fsp3) is 0.714. The predicted molar refractivity (Wildman–Crippen MR) is 107 cm³/mol. The van der Waals surface area contributed by atoms with Crippen molar-refractivity contribution in [1.29, 1.82) is 0 Å². The fourth-order valence-corrected chi connectivity index (χ4v) is 3.48. The maximum Gasteiger partial charge on any atom is 0.228 e. The van der Waals surface area contributed by atoms with Gasteiger partial charge in [0, 0.05) is 32.7 Å². The van der Waals surface area contributed by atoms with Crippen LogP contribution in [0.25, 0.3) is 0 Å². The van der Waals surface area contributed by atoms with E-state index in [4.69, 9.17) is 13.7 Å². The molecule has 0 aromatic carbocycles. The monoisotopic (exact) mass is 404 g/mol. The summed E-state index contributed by atoms with van der Waals surface area (Å²) >= 11 is 0. The van der Waals surface area contributed by atoms with Crippen LogP contribution in [-0.2, 0) is 21.4 Å². The van der Waals surface area contributed by atoms with Crippen LogP contribution in [0.1, 0.15) is 63.8 Å². The second kappa shape index (κ2) is 8.36. The molecule has 1 aliphatic rings. The maximum atomic E-state index is 13.1. The summed E-state index contributed by atoms with van der Waals surface area (Å²) in [5.41, 5.74) is -0.525. The Kier molecular flexibility index (Phi) is 6.24. The van der Waals surface area contributed by atoms with Gasteiger partial charge < -0.3 is 13.7 Å². The molecule has 0 amide bonds. The Hall–Kier alpha value is -2.06. The molecule has 3 heterocycles. The van der Waals surface area contributed by atoms with E-state index >= 15 is 0 Å². The van der Waals surface area contributed by atoms with E-state index in [0.29, 0.717) is 29.2 Å². The highest BCUT2D eigenvalue weighted by atomic mass is 16.5. The highest BCUT2D eigenvalue weighted by Crippen LogP contribution is 2.30. The zero-order valence-electron chi connectivity index (χ0n) is 18.3. The summed E-state index contributed by atoms with van der Waals surface area (Å²) in [6, 6.07) is 1.81. The normalized spacial score (nSPS) is 16.5. The molecule has 0 bridgehead atoms. The van der Waals surface area contributed by atoms with Crippen molar-refractivity contribution in [1.82, 2.24) is 20.3 Å². The third kappa shape index (κ3) is 4.75. The van der Waals surface area contributed by atoms with Crippen molar-refractivity contribution in [2.45, 2.75) is 64.8 Å². The first-order valence-corrected chi connectivity index (χ1v) is 10.2. The molecule has 0 spiro atoms. The molecular formula is C21H32N4O4. The van der Waals surface area contributed by atoms with Crippen molar-refractivity contribution in [2.75, 3.05) is 26.8 Å². The maximum absolute atomic E-state index is 13.1. The standard InChI is InChI=1S/C21H32N4O4/c1-14-22-23-19(28-14)20(2,3)17-11-16(29-24-17)12-18(26)21(4,5)25(6)13-15-7-9-27-10-8-15/h11,15H,7-10,12-13H2,1-6H3. The van der Waals surface area contributed by atoms with E-state index in [1.165, 1.54) is 0 Å². The molecular weight excluding hydrogens is 372 g/mol. The van der Waals surface area contributed by atoms with Gasteiger partial charge >= 0.3 is 0 Å². The minimum Gasteiger partial charge on any atom is -0.425 e. The van der Waals surface area contributed by atoms with Gasteiger partial charge in [-0.1, -0.05) is 5.16 Å². The topological polar surface area (TPSA) is 94.5 Å². The fourth-order valence-electron chi connectivity index (χ4n) is 3.48. The van der Waals surface area contributed by atoms with Gasteiger partial charge in [0.25, 0.3) is 0 Å². The Morgan fingerprint density at radius 3 is 2.52 bits per heavy atom. The number of hydrogen-bond acceptors (Lipinski definition) is 8. The van der Waals surface area contributed by atoms with E-state index < -0.39 is 11.0 Å². The summed E-state index contributed by atoms with van der Waals surface area (Å²) in [6.45, 7) is 12.1. The second-order valence-electron chi connectivity index (χ2n) is 9.02. The van der Waals surface area contributed by atoms with Gasteiger partial charge in [-0.25, -0.2) is 0 Å². The van der Waals surface area contributed by atoms with Crippen LogP contribution in [0.5, 0.6) is 0 Å². The van der Waals surface area contributed by atoms with Crippen LogP contribution >= 0.6 is 0 Å². The lowest BCUT2D eigenvalue weighted by Crippen LogP contribution is -2.50. The van der Waals surface area contributed by atoms with Crippen molar-refractivity contribution in [3.05, 3.63) is 29.3 Å². The Morgan fingerprint density at radius 2 is 1.90 bits per heavy atom. The molecule has 8 nitrogen and oxygen atoms in total. The van der Waals surface area contributed by atoms with E-state index in [1.807, 2.05) is 40.8 Å². The summed E-state index contributed by atoms with van der Waals surface area (Å²) in [5.74, 6) is 2.18. The van der Waals surface area contributed by atoms with Gasteiger partial charge in [0.1, 0.15) is 5.76 Å². The van der Waals surface area contributed by atoms with Gasteiger partial charge in [0.15, 0.2) is 5.78 Å². The average molecular weight is 405 g/mol. The van der Waals surface area contributed by atoms with Gasteiger partial charge in [-0.05, 0) is 53.5 Å². The molecule has 0 atom stereocenters. The van der Waals surface area contributed by atoms with E-state index in [-0.39, 0.29) is 12.2 Å². The number of rotatable bonds is 8. The molecule has 2 aromatic heterocycles. The van der Waals surface area contributed by atoms with Gasteiger partial charge in [-0.2, -0.15) is 0 Å². The number of likely N-dealkylation sites (N-methyl/N-ethyl adjacent to an activating group) is 1. The molecule has 0 aliphatic carbocycles. The molecule has 0 unspecified atom stereocenters. The molecule has 3 rings (SSSR count). The van der Waals surface area contributed by atoms with Crippen LogP contribution in [0.3, 0.4) is 0 Å². The predicted octanol–water partition coefficient (Wildman–Crippen LogP) is 2.94. The SMILES string of the molecule is Cc1nnc(C(C)(C)c2cc(CC(=O)C(C)(C)N(C)CC3CCOCC3)on2)o1. The number of aryl methyl sites for hydroxylation is 1. The number of ketones is 1. The molecule has 1 fully saturated rings. The van der Waals surface area contributed by atoms with Crippen LogP contribution in [-0.4, -0.2) is 58.4 Å².